The van der Waals surface area contributed by atoms with Crippen molar-refractivity contribution < 1.29 is 31.1 Å². The van der Waals surface area contributed by atoms with Crippen LogP contribution in [0, 0.1) is 0 Å². The number of rotatable bonds is 0. The molecule has 94 valence electrons. The molecule has 1 aliphatic rings. The largest absolute Gasteiger partial charge is 0.430 e. The number of hydrogen-bond donors (Lipinski definition) is 1. The molecule has 1 N–H and O–H groups in total. The highest BCUT2D eigenvalue weighted by Gasteiger charge is 2.77. The van der Waals surface area contributed by atoms with Gasteiger partial charge in [0.25, 0.3) is 4.87 Å². The molecule has 0 aromatic rings. The summed E-state index contributed by atoms with van der Waals surface area (Å²) in [5, 5.41) is 1.01. The Hall–Kier alpha value is -0.600. The maximum absolute atomic E-state index is 12.5. The second-order valence-electron chi connectivity index (χ2n) is 3.74. The lowest BCUT2D eigenvalue weighted by Gasteiger charge is -2.32. The maximum Gasteiger partial charge on any atom is 0.430 e. The molecule has 0 atom stereocenters. The normalized spacial score (nSPS) is 24.4. The van der Waals surface area contributed by atoms with Gasteiger partial charge < -0.3 is 5.32 Å². The van der Waals surface area contributed by atoms with Gasteiger partial charge in [0.05, 0.1) is 4.75 Å². The van der Waals surface area contributed by atoms with Gasteiger partial charge in [-0.25, -0.2) is 0 Å². The second-order valence-corrected chi connectivity index (χ2v) is 5.58. The highest BCUT2D eigenvalue weighted by Crippen LogP contribution is 2.57. The number of amides is 1. The Morgan fingerprint density at radius 1 is 1.06 bits per heavy atom. The zero-order valence-corrected chi connectivity index (χ0v) is 8.90. The molecule has 0 bridgehead atoms. The van der Waals surface area contributed by atoms with E-state index in [0.29, 0.717) is 0 Å². The van der Waals surface area contributed by atoms with E-state index in [2.05, 4.69) is 0 Å². The van der Waals surface area contributed by atoms with Gasteiger partial charge in [-0.15, -0.1) is 0 Å². The molecule has 0 aromatic carbocycles. The molecule has 0 spiro atoms. The molecule has 1 amide bonds. The highest BCUT2D eigenvalue weighted by molar-refractivity contribution is 8.03. The van der Waals surface area contributed by atoms with Crippen LogP contribution in [0.1, 0.15) is 13.8 Å². The Balaban J connectivity index is 3.28. The number of hydrogen-bond acceptors (Lipinski definition) is 2. The molecule has 0 aromatic heterocycles. The molecule has 1 fully saturated rings. The van der Waals surface area contributed by atoms with Crippen molar-refractivity contribution in [2.75, 3.05) is 0 Å². The van der Waals surface area contributed by atoms with Gasteiger partial charge >= 0.3 is 12.4 Å². The number of thioether (sulfide) groups is 1. The first kappa shape index (κ1) is 13.5. The van der Waals surface area contributed by atoms with E-state index in [1.165, 1.54) is 0 Å². The molecular weight excluding hydrogens is 260 g/mol. The molecule has 9 heteroatoms. The molecule has 16 heavy (non-hydrogen) atoms. The summed E-state index contributed by atoms with van der Waals surface area (Å²) in [6.07, 6.45) is -11.2. The van der Waals surface area contributed by atoms with Crippen LogP contribution in [0.25, 0.3) is 0 Å². The molecule has 1 aliphatic heterocycles. The van der Waals surface area contributed by atoms with E-state index in [9.17, 15) is 31.1 Å². The smallest absolute Gasteiger partial charge is 0.325 e. The van der Waals surface area contributed by atoms with Crippen molar-refractivity contribution in [1.82, 2.24) is 5.32 Å². The quantitative estimate of drug-likeness (QED) is 0.683. The SMILES string of the molecule is CC1(C)SC(C(F)(F)F)(C(F)(F)F)NC1=O. The summed E-state index contributed by atoms with van der Waals surface area (Å²) in [5.41, 5.74) is 0. The zero-order chi connectivity index (χ0) is 13.0. The minimum absolute atomic E-state index is 0.473. The highest BCUT2D eigenvalue weighted by atomic mass is 32.2. The lowest BCUT2D eigenvalue weighted by atomic mass is 10.2. The maximum atomic E-state index is 12.5. The number of carbonyl (C=O) groups is 1. The lowest BCUT2D eigenvalue weighted by molar-refractivity contribution is -0.270. The third-order valence-electron chi connectivity index (χ3n) is 2.04. The number of nitrogens with one attached hydrogen (secondary N) is 1. The van der Waals surface area contributed by atoms with Crippen LogP contribution < -0.4 is 5.32 Å². The Kier molecular flexibility index (Phi) is 2.70. The van der Waals surface area contributed by atoms with Gasteiger partial charge in [-0.1, -0.05) is 11.8 Å². The summed E-state index contributed by atoms with van der Waals surface area (Å²) in [6, 6.07) is 0. The summed E-state index contributed by atoms with van der Waals surface area (Å²) in [4.78, 5) is 6.87. The fraction of sp³-hybridized carbons (Fsp3) is 0.857. The van der Waals surface area contributed by atoms with Crippen molar-refractivity contribution in [2.45, 2.75) is 35.8 Å². The van der Waals surface area contributed by atoms with E-state index in [-0.39, 0.29) is 0 Å². The Morgan fingerprint density at radius 3 is 1.56 bits per heavy atom. The van der Waals surface area contributed by atoms with Crippen molar-refractivity contribution in [2.24, 2.45) is 0 Å². The molecule has 1 rings (SSSR count). The van der Waals surface area contributed by atoms with Gasteiger partial charge in [-0.3, -0.25) is 4.79 Å². The van der Waals surface area contributed by atoms with Crippen LogP contribution in [0.15, 0.2) is 0 Å². The van der Waals surface area contributed by atoms with Crippen LogP contribution in [0.5, 0.6) is 0 Å². The van der Waals surface area contributed by atoms with Crippen molar-refractivity contribution in [3.05, 3.63) is 0 Å². The van der Waals surface area contributed by atoms with E-state index in [1.54, 1.807) is 0 Å². The third-order valence-corrected chi connectivity index (χ3v) is 3.61. The number of carbonyl (C=O) groups excluding carboxylic acids is 1. The first-order valence-corrected chi connectivity index (χ1v) is 4.81. The van der Waals surface area contributed by atoms with Crippen LogP contribution in [-0.2, 0) is 4.79 Å². The molecule has 0 radical (unpaired) electrons. The Bertz CT molecular complexity index is 306. The summed E-state index contributed by atoms with van der Waals surface area (Å²) in [6.45, 7) is 2.01. The number of halogens is 6. The number of alkyl halides is 6. The predicted molar refractivity (Wildman–Crippen MR) is 44.7 cm³/mol. The minimum atomic E-state index is -5.60. The zero-order valence-electron chi connectivity index (χ0n) is 8.08. The fourth-order valence-corrected chi connectivity index (χ4v) is 2.47. The van der Waals surface area contributed by atoms with Gasteiger partial charge in [0, 0.05) is 0 Å². The molecule has 0 unspecified atom stereocenters. The van der Waals surface area contributed by atoms with Crippen LogP contribution in [0.3, 0.4) is 0 Å². The Labute approximate surface area is 90.8 Å². The predicted octanol–water partition coefficient (Wildman–Crippen LogP) is 2.45. The molecule has 1 saturated heterocycles. The molecule has 1 heterocycles. The van der Waals surface area contributed by atoms with Crippen LogP contribution >= 0.6 is 11.8 Å². The summed E-state index contributed by atoms with van der Waals surface area (Å²) < 4.78 is 73.1. The summed E-state index contributed by atoms with van der Waals surface area (Å²) >= 11 is -0.473. The first-order chi connectivity index (χ1) is 6.83. The van der Waals surface area contributed by atoms with Gasteiger partial charge in [-0.2, -0.15) is 26.3 Å². The van der Waals surface area contributed by atoms with E-state index in [0.717, 1.165) is 19.2 Å². The van der Waals surface area contributed by atoms with Gasteiger partial charge in [-0.05, 0) is 13.8 Å². The summed E-state index contributed by atoms with van der Waals surface area (Å²) in [5.74, 6) is -1.29. The van der Waals surface area contributed by atoms with E-state index >= 15 is 0 Å². The Morgan fingerprint density at radius 2 is 1.44 bits per heavy atom. The van der Waals surface area contributed by atoms with Crippen LogP contribution in [0.4, 0.5) is 26.3 Å². The molecular formula is C7H7F6NOS. The molecule has 2 nitrogen and oxygen atoms in total. The van der Waals surface area contributed by atoms with Crippen molar-refractivity contribution in [3.63, 3.8) is 0 Å². The lowest BCUT2D eigenvalue weighted by Crippen LogP contribution is -2.61. The first-order valence-electron chi connectivity index (χ1n) is 4.00. The topological polar surface area (TPSA) is 29.1 Å². The van der Waals surface area contributed by atoms with Gasteiger partial charge in [0.1, 0.15) is 0 Å². The van der Waals surface area contributed by atoms with Crippen LogP contribution in [-0.4, -0.2) is 27.9 Å². The molecule has 0 aliphatic carbocycles. The second kappa shape index (κ2) is 3.21. The van der Waals surface area contributed by atoms with Crippen molar-refractivity contribution in [3.8, 4) is 0 Å². The standard InChI is InChI=1S/C7H7F6NOS/c1-4(2)3(15)14-5(16-4,6(8,9)10)7(11,12)13/h1-2H3,(H,14,15). The van der Waals surface area contributed by atoms with Crippen LogP contribution in [0.2, 0.25) is 0 Å². The fourth-order valence-electron chi connectivity index (χ4n) is 1.18. The monoisotopic (exact) mass is 267 g/mol. The summed E-state index contributed by atoms with van der Waals surface area (Å²) in [7, 11) is 0. The van der Waals surface area contributed by atoms with E-state index in [4.69, 9.17) is 0 Å². The van der Waals surface area contributed by atoms with E-state index in [1.807, 2.05) is 0 Å². The van der Waals surface area contributed by atoms with Gasteiger partial charge in [0.2, 0.25) is 5.91 Å². The van der Waals surface area contributed by atoms with E-state index < -0.39 is 39.6 Å². The third kappa shape index (κ3) is 1.74. The van der Waals surface area contributed by atoms with Crippen molar-refractivity contribution >= 4 is 17.7 Å². The average molecular weight is 267 g/mol. The molecule has 0 saturated carbocycles. The average Bonchev–Trinajstić information content (AvgIpc) is 2.21. The van der Waals surface area contributed by atoms with Gasteiger partial charge in [0.15, 0.2) is 0 Å². The van der Waals surface area contributed by atoms with Crippen molar-refractivity contribution in [1.29, 1.82) is 0 Å². The minimum Gasteiger partial charge on any atom is -0.325 e.